The smallest absolute Gasteiger partial charge is 0.300 e. The van der Waals surface area contributed by atoms with Crippen molar-refractivity contribution >= 4 is 5.91 Å². The van der Waals surface area contributed by atoms with Gasteiger partial charge >= 0.3 is 5.91 Å². The number of aliphatic hydroxyl groups is 1. The third kappa shape index (κ3) is 3.46. The lowest BCUT2D eigenvalue weighted by Crippen LogP contribution is -2.15. The maximum Gasteiger partial charge on any atom is 0.300 e. The summed E-state index contributed by atoms with van der Waals surface area (Å²) in [5, 5.41) is 31.1. The van der Waals surface area contributed by atoms with Gasteiger partial charge in [-0.05, 0) is 37.6 Å². The van der Waals surface area contributed by atoms with Crippen LogP contribution in [0, 0.1) is 25.2 Å². The molecule has 0 spiro atoms. The molecule has 3 rings (SSSR count). The molecule has 1 aromatic carbocycles. The minimum Gasteiger partial charge on any atom is -0.386 e. The van der Waals surface area contributed by atoms with Gasteiger partial charge in [0.1, 0.15) is 0 Å². The quantitative estimate of drug-likeness (QED) is 0.771. The van der Waals surface area contributed by atoms with E-state index in [2.05, 4.69) is 15.4 Å². The third-order valence-electron chi connectivity index (χ3n) is 3.72. The number of nitriles is 1. The highest BCUT2D eigenvalue weighted by molar-refractivity contribution is 5.93. The monoisotopic (exact) mass is 336 g/mol. The lowest BCUT2D eigenvalue weighted by atomic mass is 10.1. The highest BCUT2D eigenvalue weighted by Crippen LogP contribution is 2.16. The summed E-state index contributed by atoms with van der Waals surface area (Å²) in [6.45, 7) is 3.71. The fraction of sp³-hybridized carbons (Fsp3) is 0.235. The number of hydrogen-bond acceptors (Lipinski definition) is 6. The maximum atomic E-state index is 12.4. The van der Waals surface area contributed by atoms with Gasteiger partial charge in [-0.15, -0.1) is 5.10 Å². The lowest BCUT2D eigenvalue weighted by molar-refractivity contribution is 0.0937. The second-order valence-corrected chi connectivity index (χ2v) is 5.72. The van der Waals surface area contributed by atoms with E-state index in [9.17, 15) is 9.90 Å². The van der Waals surface area contributed by atoms with Gasteiger partial charge in [-0.1, -0.05) is 17.3 Å². The summed E-state index contributed by atoms with van der Waals surface area (Å²) in [5.74, 6) is -0.377. The molecule has 0 bridgehead atoms. The molecule has 0 saturated carbocycles. The minimum atomic E-state index is -0.869. The molecule has 126 valence electrons. The summed E-state index contributed by atoms with van der Waals surface area (Å²) in [4.78, 5) is 12.4. The number of aryl methyl sites for hydroxylation is 2. The van der Waals surface area contributed by atoms with E-state index in [4.69, 9.17) is 5.26 Å². The van der Waals surface area contributed by atoms with E-state index in [0.717, 1.165) is 5.69 Å². The number of carbonyl (C=O) groups is 1. The van der Waals surface area contributed by atoms with E-state index >= 15 is 0 Å². The largest absolute Gasteiger partial charge is 0.386 e. The molecular weight excluding hydrogens is 320 g/mol. The average Bonchev–Trinajstić information content (AvgIpc) is 3.20. The molecule has 0 fully saturated rings. The normalized spacial score (nSPS) is 11.9. The Bertz CT molecular complexity index is 966. The van der Waals surface area contributed by atoms with E-state index in [1.807, 2.05) is 6.07 Å². The molecule has 8 heteroatoms. The Labute approximate surface area is 143 Å². The molecule has 0 aliphatic heterocycles. The maximum absolute atomic E-state index is 12.4. The molecule has 0 radical (unpaired) electrons. The molecule has 25 heavy (non-hydrogen) atoms. The molecule has 0 saturated heterocycles. The highest BCUT2D eigenvalue weighted by atomic mass is 16.3. The van der Waals surface area contributed by atoms with Crippen molar-refractivity contribution in [2.75, 3.05) is 0 Å². The molecule has 0 aliphatic rings. The number of rotatable bonds is 4. The van der Waals surface area contributed by atoms with Gasteiger partial charge in [0, 0.05) is 5.69 Å². The van der Waals surface area contributed by atoms with Crippen LogP contribution in [0.2, 0.25) is 0 Å². The van der Waals surface area contributed by atoms with Crippen LogP contribution in [-0.2, 0) is 6.54 Å². The van der Waals surface area contributed by atoms with Crippen molar-refractivity contribution in [1.82, 2.24) is 24.8 Å². The Kier molecular flexibility index (Phi) is 4.41. The number of hydrogen-bond donors (Lipinski definition) is 1. The van der Waals surface area contributed by atoms with Crippen LogP contribution in [0.1, 0.15) is 39.1 Å². The van der Waals surface area contributed by atoms with Crippen molar-refractivity contribution in [3.05, 3.63) is 64.7 Å². The summed E-state index contributed by atoms with van der Waals surface area (Å²) in [6.07, 6.45) is 0.600. The topological polar surface area (TPSA) is 110 Å². The van der Waals surface area contributed by atoms with E-state index in [1.165, 1.54) is 15.6 Å². The summed E-state index contributed by atoms with van der Waals surface area (Å²) in [6, 6.07) is 10.5. The SMILES string of the molecule is Cc1cc(C)n(C(=O)c2cn(C[C@H](O)c3cccc(C#N)c3)nn2)n1. The zero-order valence-electron chi connectivity index (χ0n) is 13.8. The number of aromatic nitrogens is 5. The first kappa shape index (κ1) is 16.5. The predicted octanol–water partition coefficient (Wildman–Crippen LogP) is 1.39. The molecule has 2 aromatic heterocycles. The molecule has 1 N–H and O–H groups in total. The van der Waals surface area contributed by atoms with Crippen LogP contribution in [-0.4, -0.2) is 35.8 Å². The van der Waals surface area contributed by atoms with Gasteiger partial charge in [0.25, 0.3) is 0 Å². The number of nitrogens with zero attached hydrogens (tertiary/aromatic N) is 6. The van der Waals surface area contributed by atoms with Crippen LogP contribution in [0.4, 0.5) is 0 Å². The zero-order chi connectivity index (χ0) is 18.0. The van der Waals surface area contributed by atoms with Gasteiger partial charge in [-0.2, -0.15) is 15.0 Å². The number of carbonyl (C=O) groups excluding carboxylic acids is 1. The van der Waals surface area contributed by atoms with Crippen LogP contribution < -0.4 is 0 Å². The summed E-state index contributed by atoms with van der Waals surface area (Å²) >= 11 is 0. The second-order valence-electron chi connectivity index (χ2n) is 5.72. The molecule has 3 aromatic rings. The molecule has 0 unspecified atom stereocenters. The minimum absolute atomic E-state index is 0.117. The molecule has 2 heterocycles. The fourth-order valence-corrected chi connectivity index (χ4v) is 2.53. The van der Waals surface area contributed by atoms with Crippen LogP contribution >= 0.6 is 0 Å². The van der Waals surface area contributed by atoms with E-state index in [0.29, 0.717) is 16.8 Å². The lowest BCUT2D eigenvalue weighted by Gasteiger charge is -2.10. The van der Waals surface area contributed by atoms with Gasteiger partial charge in [0.15, 0.2) is 5.69 Å². The van der Waals surface area contributed by atoms with Gasteiger partial charge in [0.05, 0.1) is 36.2 Å². The molecule has 0 amide bonds. The second kappa shape index (κ2) is 6.67. The Balaban J connectivity index is 1.76. The number of benzene rings is 1. The van der Waals surface area contributed by atoms with Crippen LogP contribution in [0.25, 0.3) is 0 Å². The standard InChI is InChI=1S/C17H16N6O2/c1-11-6-12(2)23(20-11)17(25)15-9-22(21-19-15)10-16(24)14-5-3-4-13(7-14)8-18/h3-7,9,16,24H,10H2,1-2H3/t16-/m0/s1. The van der Waals surface area contributed by atoms with Crippen LogP contribution in [0.5, 0.6) is 0 Å². The van der Waals surface area contributed by atoms with Crippen molar-refractivity contribution in [1.29, 1.82) is 5.26 Å². The predicted molar refractivity (Wildman–Crippen MR) is 87.6 cm³/mol. The van der Waals surface area contributed by atoms with Crippen LogP contribution in [0.3, 0.4) is 0 Å². The van der Waals surface area contributed by atoms with Gasteiger partial charge in [-0.3, -0.25) is 4.79 Å². The van der Waals surface area contributed by atoms with Crippen molar-refractivity contribution in [2.24, 2.45) is 0 Å². The van der Waals surface area contributed by atoms with Crippen molar-refractivity contribution in [3.8, 4) is 6.07 Å². The zero-order valence-corrected chi connectivity index (χ0v) is 13.8. The van der Waals surface area contributed by atoms with Gasteiger partial charge < -0.3 is 5.11 Å². The third-order valence-corrected chi connectivity index (χ3v) is 3.72. The Morgan fingerprint density at radius 1 is 1.36 bits per heavy atom. The van der Waals surface area contributed by atoms with Gasteiger partial charge in [0.2, 0.25) is 0 Å². The van der Waals surface area contributed by atoms with Crippen molar-refractivity contribution in [2.45, 2.75) is 26.5 Å². The molecule has 8 nitrogen and oxygen atoms in total. The first-order chi connectivity index (χ1) is 12.0. The van der Waals surface area contributed by atoms with Crippen molar-refractivity contribution in [3.63, 3.8) is 0 Å². The average molecular weight is 336 g/mol. The highest BCUT2D eigenvalue weighted by Gasteiger charge is 2.18. The molecular formula is C17H16N6O2. The van der Waals surface area contributed by atoms with Gasteiger partial charge in [-0.25, -0.2) is 4.68 Å². The summed E-state index contributed by atoms with van der Waals surface area (Å²) in [5.41, 5.74) is 2.66. The van der Waals surface area contributed by atoms with E-state index in [-0.39, 0.29) is 18.1 Å². The van der Waals surface area contributed by atoms with Crippen LogP contribution in [0.15, 0.2) is 36.5 Å². The summed E-state index contributed by atoms with van der Waals surface area (Å²) in [7, 11) is 0. The first-order valence-corrected chi connectivity index (χ1v) is 7.64. The fourth-order valence-electron chi connectivity index (χ4n) is 2.53. The Morgan fingerprint density at radius 3 is 2.84 bits per heavy atom. The first-order valence-electron chi connectivity index (χ1n) is 7.64. The van der Waals surface area contributed by atoms with E-state index < -0.39 is 6.10 Å². The summed E-state index contributed by atoms with van der Waals surface area (Å²) < 4.78 is 2.67. The Hall–Kier alpha value is -3.31. The number of aliphatic hydroxyl groups excluding tert-OH is 1. The van der Waals surface area contributed by atoms with E-state index in [1.54, 1.807) is 44.2 Å². The molecule has 0 aliphatic carbocycles. The molecule has 1 atom stereocenters. The van der Waals surface area contributed by atoms with Crippen molar-refractivity contribution < 1.29 is 9.90 Å². The Morgan fingerprint density at radius 2 is 2.16 bits per heavy atom.